The number of esters is 1. The first-order chi connectivity index (χ1) is 13.4. The van der Waals surface area contributed by atoms with Gasteiger partial charge in [0.15, 0.2) is 0 Å². The fourth-order valence-electron chi connectivity index (χ4n) is 3.48. The molecule has 1 aliphatic rings. The van der Waals surface area contributed by atoms with Crippen molar-refractivity contribution in [3.8, 4) is 5.75 Å². The van der Waals surface area contributed by atoms with Gasteiger partial charge in [-0.1, -0.05) is 35.9 Å². The predicted molar refractivity (Wildman–Crippen MR) is 103 cm³/mol. The largest absolute Gasteiger partial charge is 0.461 e. The minimum Gasteiger partial charge on any atom is -0.461 e. The van der Waals surface area contributed by atoms with Crippen molar-refractivity contribution in [2.24, 2.45) is 0 Å². The lowest BCUT2D eigenvalue weighted by atomic mass is 9.83. The molecule has 1 unspecified atom stereocenters. The Morgan fingerprint density at radius 2 is 1.96 bits per heavy atom. The molecular weight excluding hydrogens is 384 g/mol. The van der Waals surface area contributed by atoms with E-state index >= 15 is 0 Å². The summed E-state index contributed by atoms with van der Waals surface area (Å²) in [6.45, 7) is 1.72. The van der Waals surface area contributed by atoms with Gasteiger partial charge in [0, 0.05) is 17.4 Å². The second-order valence-electron chi connectivity index (χ2n) is 6.54. The summed E-state index contributed by atoms with van der Waals surface area (Å²) in [5.74, 6) is -3.66. The Hall–Kier alpha value is -2.83. The summed E-state index contributed by atoms with van der Waals surface area (Å²) < 4.78 is 16.2. The number of aliphatic hydroxyl groups is 1. The zero-order valence-corrected chi connectivity index (χ0v) is 15.7. The fraction of sp³-hybridized carbons (Fsp3) is 0.238. The summed E-state index contributed by atoms with van der Waals surface area (Å²) in [5, 5.41) is 12.0. The normalized spacial score (nSPS) is 21.0. The zero-order chi connectivity index (χ0) is 19.9. The molecule has 1 aromatic heterocycles. The molecule has 0 spiro atoms. The van der Waals surface area contributed by atoms with E-state index in [1.54, 1.807) is 55.5 Å². The van der Waals surface area contributed by atoms with Gasteiger partial charge in [-0.3, -0.25) is 0 Å². The highest BCUT2D eigenvalue weighted by Gasteiger charge is 2.49. The molecule has 1 N–H and O–H groups in total. The van der Waals surface area contributed by atoms with Crippen molar-refractivity contribution < 1.29 is 23.8 Å². The van der Waals surface area contributed by atoms with Crippen molar-refractivity contribution in [3.05, 3.63) is 75.1 Å². The molecule has 2 heterocycles. The highest BCUT2D eigenvalue weighted by molar-refractivity contribution is 6.30. The minimum absolute atomic E-state index is 0.0840. The molecule has 2 atom stereocenters. The molecule has 28 heavy (non-hydrogen) atoms. The maximum absolute atomic E-state index is 12.8. The molecule has 4 rings (SSSR count). The van der Waals surface area contributed by atoms with Crippen LogP contribution in [-0.2, 0) is 9.53 Å². The zero-order valence-electron chi connectivity index (χ0n) is 15.0. The number of carbonyl (C=O) groups is 1. The van der Waals surface area contributed by atoms with E-state index < -0.39 is 23.3 Å². The van der Waals surface area contributed by atoms with Gasteiger partial charge in [-0.15, -0.1) is 0 Å². The van der Waals surface area contributed by atoms with Gasteiger partial charge in [0.05, 0.1) is 17.6 Å². The Morgan fingerprint density at radius 3 is 2.68 bits per heavy atom. The van der Waals surface area contributed by atoms with Crippen LogP contribution >= 0.6 is 11.6 Å². The number of hydrogen-bond acceptors (Lipinski definition) is 6. The molecule has 6 nitrogen and oxygen atoms in total. The molecule has 0 fully saturated rings. The van der Waals surface area contributed by atoms with E-state index in [1.165, 1.54) is 0 Å². The quantitative estimate of drug-likeness (QED) is 0.534. The maximum Gasteiger partial charge on any atom is 0.379 e. The van der Waals surface area contributed by atoms with Gasteiger partial charge in [0.1, 0.15) is 11.3 Å². The number of hydrogen-bond donors (Lipinski definition) is 1. The minimum atomic E-state index is -2.23. The van der Waals surface area contributed by atoms with E-state index in [4.69, 9.17) is 25.5 Å². The first-order valence-electron chi connectivity index (χ1n) is 8.83. The monoisotopic (exact) mass is 400 g/mol. The van der Waals surface area contributed by atoms with Gasteiger partial charge in [-0.05, 0) is 36.8 Å². The van der Waals surface area contributed by atoms with Crippen molar-refractivity contribution in [1.82, 2.24) is 0 Å². The van der Waals surface area contributed by atoms with Crippen molar-refractivity contribution >= 4 is 28.5 Å². The fourth-order valence-corrected chi connectivity index (χ4v) is 3.61. The second kappa shape index (κ2) is 6.96. The average Bonchev–Trinajstić information content (AvgIpc) is 2.68. The summed E-state index contributed by atoms with van der Waals surface area (Å²) >= 11 is 5.98. The predicted octanol–water partition coefficient (Wildman–Crippen LogP) is 3.61. The first kappa shape index (κ1) is 18.5. The van der Waals surface area contributed by atoms with Crippen LogP contribution in [0.15, 0.2) is 57.7 Å². The maximum atomic E-state index is 12.8. The number of halogens is 1. The lowest BCUT2D eigenvalue weighted by Crippen LogP contribution is -2.50. The lowest BCUT2D eigenvalue weighted by molar-refractivity contribution is -0.205. The van der Waals surface area contributed by atoms with Crippen LogP contribution in [0.5, 0.6) is 5.75 Å². The summed E-state index contributed by atoms with van der Waals surface area (Å²) in [6.07, 6.45) is -0.191. The smallest absolute Gasteiger partial charge is 0.379 e. The molecular formula is C21H17ClO6. The molecule has 1 aliphatic heterocycles. The van der Waals surface area contributed by atoms with Gasteiger partial charge < -0.3 is 19.0 Å². The van der Waals surface area contributed by atoms with Gasteiger partial charge in [0.2, 0.25) is 0 Å². The number of rotatable bonds is 3. The number of ether oxygens (including phenoxy) is 2. The van der Waals surface area contributed by atoms with Gasteiger partial charge in [0.25, 0.3) is 0 Å². The molecule has 144 valence electrons. The number of benzene rings is 2. The number of fused-ring (bicyclic) bond motifs is 3. The van der Waals surface area contributed by atoms with E-state index in [9.17, 15) is 14.7 Å². The second-order valence-corrected chi connectivity index (χ2v) is 6.98. The van der Waals surface area contributed by atoms with Crippen LogP contribution in [0.4, 0.5) is 0 Å². The van der Waals surface area contributed by atoms with E-state index in [0.29, 0.717) is 21.6 Å². The molecule has 7 heteroatoms. The van der Waals surface area contributed by atoms with Crippen LogP contribution in [0.1, 0.15) is 30.4 Å². The topological polar surface area (TPSA) is 86.0 Å². The third-order valence-corrected chi connectivity index (χ3v) is 5.02. The molecule has 0 aliphatic carbocycles. The Labute approximate surface area is 165 Å². The summed E-state index contributed by atoms with van der Waals surface area (Å²) in [7, 11) is 0. The Kier molecular flexibility index (Phi) is 4.61. The van der Waals surface area contributed by atoms with E-state index in [2.05, 4.69) is 0 Å². The molecule has 0 amide bonds. The molecule has 3 aromatic rings. The van der Waals surface area contributed by atoms with Gasteiger partial charge in [-0.2, -0.15) is 0 Å². The van der Waals surface area contributed by atoms with E-state index in [1.807, 2.05) is 0 Å². The van der Waals surface area contributed by atoms with E-state index in [-0.39, 0.29) is 24.3 Å². The Bertz CT molecular complexity index is 1100. The molecule has 0 bridgehead atoms. The third kappa shape index (κ3) is 3.04. The number of carbonyl (C=O) groups excluding carboxylic acids is 1. The van der Waals surface area contributed by atoms with Crippen LogP contribution < -0.4 is 10.4 Å². The van der Waals surface area contributed by atoms with Crippen LogP contribution in [0.2, 0.25) is 5.02 Å². The first-order valence-corrected chi connectivity index (χ1v) is 9.20. The van der Waals surface area contributed by atoms with Gasteiger partial charge >= 0.3 is 17.4 Å². The standard InChI is InChI=1S/C21H17ClO6/c1-2-26-20(24)21(25)11-15(12-7-9-13(22)10-8-12)17-18(28-21)14-5-3-4-6-16(14)27-19(17)23/h3-10,15,25H,2,11H2,1H3/t15-,21?/m1/s1. The van der Waals surface area contributed by atoms with Crippen molar-refractivity contribution in [2.75, 3.05) is 6.61 Å². The van der Waals surface area contributed by atoms with Gasteiger partial charge in [-0.25, -0.2) is 9.59 Å². The SMILES string of the molecule is CCOC(=O)C1(O)C[C@H](c2ccc(Cl)cc2)c2c(c3ccccc3oc2=O)O1. The molecule has 0 radical (unpaired) electrons. The van der Waals surface area contributed by atoms with Crippen molar-refractivity contribution in [3.63, 3.8) is 0 Å². The van der Waals surface area contributed by atoms with Crippen molar-refractivity contribution in [1.29, 1.82) is 0 Å². The van der Waals surface area contributed by atoms with Crippen LogP contribution in [-0.4, -0.2) is 23.5 Å². The molecule has 2 aromatic carbocycles. The van der Waals surface area contributed by atoms with Crippen LogP contribution in [0, 0.1) is 0 Å². The highest BCUT2D eigenvalue weighted by atomic mass is 35.5. The average molecular weight is 401 g/mol. The number of para-hydroxylation sites is 1. The molecule has 0 saturated heterocycles. The molecule has 0 saturated carbocycles. The third-order valence-electron chi connectivity index (χ3n) is 4.77. The van der Waals surface area contributed by atoms with Crippen LogP contribution in [0.3, 0.4) is 0 Å². The summed E-state index contributed by atoms with van der Waals surface area (Å²) in [5.41, 5.74) is 0.656. The summed E-state index contributed by atoms with van der Waals surface area (Å²) in [6, 6.07) is 13.6. The van der Waals surface area contributed by atoms with E-state index in [0.717, 1.165) is 0 Å². The van der Waals surface area contributed by atoms with Crippen molar-refractivity contribution in [2.45, 2.75) is 25.0 Å². The Morgan fingerprint density at radius 1 is 1.25 bits per heavy atom. The summed E-state index contributed by atoms with van der Waals surface area (Å²) in [4.78, 5) is 25.2. The Balaban J connectivity index is 1.97. The lowest BCUT2D eigenvalue weighted by Gasteiger charge is -2.36. The highest BCUT2D eigenvalue weighted by Crippen LogP contribution is 2.45. The van der Waals surface area contributed by atoms with Crippen LogP contribution in [0.25, 0.3) is 11.0 Å².